The molecule has 1 N–H and O–H groups in total. The SMILES string of the molecule is CC(Sc1nnc(Cc2cccs2)n1CCc1ccccc1)C(=O)Nc1cccnc1Cl. The van der Waals surface area contributed by atoms with Gasteiger partial charge in [-0.1, -0.05) is 59.8 Å². The van der Waals surface area contributed by atoms with Crippen molar-refractivity contribution in [1.29, 1.82) is 0 Å². The van der Waals surface area contributed by atoms with Crippen LogP contribution >= 0.6 is 34.7 Å². The van der Waals surface area contributed by atoms with Gasteiger partial charge in [-0.25, -0.2) is 4.98 Å². The molecule has 3 heterocycles. The van der Waals surface area contributed by atoms with Gasteiger partial charge in [0, 0.05) is 24.0 Å². The summed E-state index contributed by atoms with van der Waals surface area (Å²) in [5.74, 6) is 0.733. The number of carbonyl (C=O) groups is 1. The maximum absolute atomic E-state index is 12.7. The molecule has 0 saturated carbocycles. The predicted octanol–water partition coefficient (Wildman–Crippen LogP) is 5.34. The highest BCUT2D eigenvalue weighted by Crippen LogP contribution is 2.26. The number of rotatable bonds is 9. The highest BCUT2D eigenvalue weighted by atomic mass is 35.5. The van der Waals surface area contributed by atoms with E-state index in [1.165, 1.54) is 22.2 Å². The quantitative estimate of drug-likeness (QED) is 0.257. The van der Waals surface area contributed by atoms with Crippen LogP contribution in [0, 0.1) is 0 Å². The Kier molecular flexibility index (Phi) is 7.57. The minimum absolute atomic E-state index is 0.165. The number of nitrogens with zero attached hydrogens (tertiary/aromatic N) is 4. The fourth-order valence-electron chi connectivity index (χ4n) is 3.14. The molecule has 1 atom stereocenters. The fourth-order valence-corrected chi connectivity index (χ4v) is 4.90. The van der Waals surface area contributed by atoms with E-state index in [0.29, 0.717) is 12.1 Å². The molecule has 0 aliphatic carbocycles. The number of thiophene rings is 1. The molecule has 4 aromatic rings. The number of hydrogen-bond acceptors (Lipinski definition) is 6. The Bertz CT molecular complexity index is 1160. The minimum Gasteiger partial charge on any atom is -0.322 e. The number of halogens is 1. The van der Waals surface area contributed by atoms with Crippen LogP contribution in [0.3, 0.4) is 0 Å². The summed E-state index contributed by atoms with van der Waals surface area (Å²) in [6, 6.07) is 17.9. The summed E-state index contributed by atoms with van der Waals surface area (Å²) in [6.45, 7) is 2.59. The summed E-state index contributed by atoms with van der Waals surface area (Å²) in [5, 5.41) is 14.4. The van der Waals surface area contributed by atoms with Gasteiger partial charge in [-0.15, -0.1) is 21.5 Å². The van der Waals surface area contributed by atoms with Gasteiger partial charge in [0.1, 0.15) is 5.82 Å². The van der Waals surface area contributed by atoms with Crippen LogP contribution in [0.25, 0.3) is 0 Å². The number of nitrogens with one attached hydrogen (secondary N) is 1. The van der Waals surface area contributed by atoms with Crippen LogP contribution in [0.15, 0.2) is 71.3 Å². The summed E-state index contributed by atoms with van der Waals surface area (Å²) in [6.07, 6.45) is 3.15. The lowest BCUT2D eigenvalue weighted by Crippen LogP contribution is -2.23. The first-order chi connectivity index (χ1) is 15.6. The third-order valence-electron chi connectivity index (χ3n) is 4.84. The average Bonchev–Trinajstić information content (AvgIpc) is 3.45. The van der Waals surface area contributed by atoms with Gasteiger partial charge in [0.05, 0.1) is 10.9 Å². The lowest BCUT2D eigenvalue weighted by atomic mass is 10.1. The summed E-state index contributed by atoms with van der Waals surface area (Å²) in [7, 11) is 0. The zero-order valence-electron chi connectivity index (χ0n) is 17.4. The molecule has 1 aromatic carbocycles. The third-order valence-corrected chi connectivity index (χ3v) is 7.10. The molecule has 32 heavy (non-hydrogen) atoms. The van der Waals surface area contributed by atoms with Crippen molar-refractivity contribution in [3.8, 4) is 0 Å². The van der Waals surface area contributed by atoms with E-state index in [2.05, 4.69) is 48.6 Å². The zero-order valence-corrected chi connectivity index (χ0v) is 19.8. The van der Waals surface area contributed by atoms with E-state index < -0.39 is 0 Å². The molecule has 4 rings (SSSR count). The Hall–Kier alpha value is -2.68. The van der Waals surface area contributed by atoms with Crippen LogP contribution in [0.4, 0.5) is 5.69 Å². The van der Waals surface area contributed by atoms with Gasteiger partial charge in [0.15, 0.2) is 10.3 Å². The average molecular weight is 484 g/mol. The summed E-state index contributed by atoms with van der Waals surface area (Å²) in [5.41, 5.74) is 1.74. The van der Waals surface area contributed by atoms with Crippen molar-refractivity contribution in [1.82, 2.24) is 19.7 Å². The van der Waals surface area contributed by atoms with Crippen molar-refractivity contribution < 1.29 is 4.79 Å². The molecule has 0 bridgehead atoms. The Morgan fingerprint density at radius 1 is 1.16 bits per heavy atom. The number of anilines is 1. The van der Waals surface area contributed by atoms with Gasteiger partial charge < -0.3 is 9.88 Å². The molecule has 0 spiro atoms. The second-order valence-corrected chi connectivity index (χ2v) is 9.83. The molecule has 3 aromatic heterocycles. The number of aryl methyl sites for hydroxylation is 1. The van der Waals surface area contributed by atoms with Gasteiger partial charge in [-0.05, 0) is 42.5 Å². The molecule has 164 valence electrons. The summed E-state index contributed by atoms with van der Waals surface area (Å²) >= 11 is 9.16. The van der Waals surface area contributed by atoms with Crippen LogP contribution in [0.5, 0.6) is 0 Å². The largest absolute Gasteiger partial charge is 0.322 e. The molecule has 0 aliphatic rings. The van der Waals surface area contributed by atoms with Gasteiger partial charge in [-0.3, -0.25) is 4.79 Å². The fraction of sp³-hybridized carbons (Fsp3) is 0.217. The van der Waals surface area contributed by atoms with E-state index in [9.17, 15) is 4.79 Å². The Labute approximate surface area is 200 Å². The van der Waals surface area contributed by atoms with E-state index in [-0.39, 0.29) is 16.3 Å². The smallest absolute Gasteiger partial charge is 0.237 e. The van der Waals surface area contributed by atoms with Crippen molar-refractivity contribution in [3.63, 3.8) is 0 Å². The number of pyridine rings is 1. The predicted molar refractivity (Wildman–Crippen MR) is 130 cm³/mol. The maximum Gasteiger partial charge on any atom is 0.237 e. The van der Waals surface area contributed by atoms with E-state index in [4.69, 9.17) is 11.6 Å². The third kappa shape index (κ3) is 5.76. The van der Waals surface area contributed by atoms with Crippen molar-refractivity contribution in [2.45, 2.75) is 36.7 Å². The molecule has 0 fully saturated rings. The van der Waals surface area contributed by atoms with E-state index in [1.807, 2.05) is 31.2 Å². The Balaban J connectivity index is 1.50. The van der Waals surface area contributed by atoms with Gasteiger partial charge in [0.25, 0.3) is 0 Å². The monoisotopic (exact) mass is 483 g/mol. The van der Waals surface area contributed by atoms with Crippen LogP contribution in [-0.2, 0) is 24.2 Å². The second kappa shape index (κ2) is 10.8. The lowest BCUT2D eigenvalue weighted by molar-refractivity contribution is -0.115. The first-order valence-corrected chi connectivity index (χ1v) is 12.3. The van der Waals surface area contributed by atoms with E-state index in [0.717, 1.165) is 23.9 Å². The molecular formula is C23H22ClN5OS2. The molecule has 1 unspecified atom stereocenters. The zero-order chi connectivity index (χ0) is 22.3. The first-order valence-electron chi connectivity index (χ1n) is 10.2. The maximum atomic E-state index is 12.7. The topological polar surface area (TPSA) is 72.7 Å². The summed E-state index contributed by atoms with van der Waals surface area (Å²) in [4.78, 5) is 18.0. The van der Waals surface area contributed by atoms with E-state index >= 15 is 0 Å². The van der Waals surface area contributed by atoms with Crippen molar-refractivity contribution in [3.05, 3.63) is 87.6 Å². The molecule has 0 saturated heterocycles. The highest BCUT2D eigenvalue weighted by molar-refractivity contribution is 8.00. The van der Waals surface area contributed by atoms with Crippen molar-refractivity contribution in [2.24, 2.45) is 0 Å². The van der Waals surface area contributed by atoms with Crippen LogP contribution < -0.4 is 5.32 Å². The van der Waals surface area contributed by atoms with Crippen molar-refractivity contribution >= 4 is 46.3 Å². The van der Waals surface area contributed by atoms with Crippen LogP contribution in [0.2, 0.25) is 5.15 Å². The molecule has 6 nitrogen and oxygen atoms in total. The number of carbonyl (C=O) groups excluding carboxylic acids is 1. The molecule has 9 heteroatoms. The minimum atomic E-state index is -0.388. The number of amides is 1. The lowest BCUT2D eigenvalue weighted by Gasteiger charge is -2.14. The van der Waals surface area contributed by atoms with Crippen LogP contribution in [-0.4, -0.2) is 30.9 Å². The van der Waals surface area contributed by atoms with Gasteiger partial charge >= 0.3 is 0 Å². The first kappa shape index (κ1) is 22.5. The Morgan fingerprint density at radius 3 is 2.75 bits per heavy atom. The standard InChI is InChI=1S/C23H22ClN5OS2/c1-16(22(30)26-19-10-5-12-25-21(19)24)32-23-28-27-20(15-18-9-6-14-31-18)29(23)13-11-17-7-3-2-4-8-17/h2-10,12,14,16H,11,13,15H2,1H3,(H,26,30). The van der Waals surface area contributed by atoms with Crippen LogP contribution in [0.1, 0.15) is 23.2 Å². The number of benzene rings is 1. The van der Waals surface area contributed by atoms with E-state index in [1.54, 1.807) is 29.7 Å². The number of hydrogen-bond donors (Lipinski definition) is 1. The Morgan fingerprint density at radius 2 is 2.00 bits per heavy atom. The second-order valence-electron chi connectivity index (χ2n) is 7.13. The van der Waals surface area contributed by atoms with Crippen molar-refractivity contribution in [2.75, 3.05) is 5.32 Å². The summed E-state index contributed by atoms with van der Waals surface area (Å²) < 4.78 is 2.12. The normalized spacial score (nSPS) is 11.9. The number of aromatic nitrogens is 4. The van der Waals surface area contributed by atoms with Gasteiger partial charge in [-0.2, -0.15) is 0 Å². The molecular weight excluding hydrogens is 462 g/mol. The molecule has 1 amide bonds. The molecule has 0 radical (unpaired) electrons. The molecule has 0 aliphatic heterocycles. The highest BCUT2D eigenvalue weighted by Gasteiger charge is 2.21. The number of thioether (sulfide) groups is 1. The van der Waals surface area contributed by atoms with Gasteiger partial charge in [0.2, 0.25) is 5.91 Å².